The molecule has 0 bridgehead atoms. The SMILES string of the molecule is C=CC1CC(CCP(=O)(OC)OC)OC1n1cnc2c(N)ncnc21. The molecule has 0 aliphatic carbocycles. The molecule has 0 radical (unpaired) electrons. The van der Waals surface area contributed by atoms with E-state index in [0.29, 0.717) is 29.6 Å². The summed E-state index contributed by atoms with van der Waals surface area (Å²) in [6.45, 7) is 3.90. The molecule has 0 saturated carbocycles. The van der Waals surface area contributed by atoms with Crippen molar-refractivity contribution in [1.82, 2.24) is 19.5 Å². The van der Waals surface area contributed by atoms with Crippen molar-refractivity contribution < 1.29 is 18.3 Å². The van der Waals surface area contributed by atoms with Crippen molar-refractivity contribution in [2.45, 2.75) is 25.2 Å². The average molecular weight is 367 g/mol. The van der Waals surface area contributed by atoms with Gasteiger partial charge in [-0.2, -0.15) is 0 Å². The van der Waals surface area contributed by atoms with Gasteiger partial charge >= 0.3 is 7.60 Å². The number of nitrogens with zero attached hydrogens (tertiary/aromatic N) is 4. The number of imidazole rings is 1. The van der Waals surface area contributed by atoms with Gasteiger partial charge in [0, 0.05) is 20.1 Å². The van der Waals surface area contributed by atoms with Crippen molar-refractivity contribution in [3.63, 3.8) is 0 Å². The van der Waals surface area contributed by atoms with Crippen LogP contribution in [-0.2, 0) is 18.3 Å². The molecule has 1 aliphatic heterocycles. The molecule has 9 nitrogen and oxygen atoms in total. The molecule has 0 spiro atoms. The summed E-state index contributed by atoms with van der Waals surface area (Å²) in [6.07, 6.45) is 6.11. The molecular weight excluding hydrogens is 345 g/mol. The Bertz CT molecular complexity index is 802. The van der Waals surface area contributed by atoms with Crippen molar-refractivity contribution in [1.29, 1.82) is 0 Å². The van der Waals surface area contributed by atoms with Crippen LogP contribution in [0.25, 0.3) is 11.2 Å². The third-order valence-electron chi connectivity index (χ3n) is 4.48. The van der Waals surface area contributed by atoms with Gasteiger partial charge in [0.15, 0.2) is 11.5 Å². The van der Waals surface area contributed by atoms with E-state index in [1.807, 2.05) is 10.6 Å². The third-order valence-corrected chi connectivity index (χ3v) is 6.40. The fourth-order valence-corrected chi connectivity index (χ4v) is 4.18. The minimum absolute atomic E-state index is 0.0723. The Kier molecular flexibility index (Phi) is 5.19. The highest BCUT2D eigenvalue weighted by molar-refractivity contribution is 7.53. The Balaban J connectivity index is 1.79. The molecule has 1 aliphatic rings. The zero-order chi connectivity index (χ0) is 18.0. The van der Waals surface area contributed by atoms with Crippen LogP contribution >= 0.6 is 7.60 Å². The van der Waals surface area contributed by atoms with Crippen LogP contribution in [0.2, 0.25) is 0 Å². The number of fused-ring (bicyclic) bond motifs is 1. The van der Waals surface area contributed by atoms with Gasteiger partial charge in [-0.15, -0.1) is 6.58 Å². The van der Waals surface area contributed by atoms with E-state index in [9.17, 15) is 4.57 Å². The minimum Gasteiger partial charge on any atom is -0.382 e. The van der Waals surface area contributed by atoms with E-state index in [0.717, 1.165) is 6.42 Å². The molecule has 0 amide bonds. The summed E-state index contributed by atoms with van der Waals surface area (Å²) >= 11 is 0. The molecule has 3 rings (SSSR count). The summed E-state index contributed by atoms with van der Waals surface area (Å²) in [5.41, 5.74) is 7.00. The fourth-order valence-electron chi connectivity index (χ4n) is 3.06. The second-order valence-corrected chi connectivity index (χ2v) is 8.25. The first-order chi connectivity index (χ1) is 12.0. The largest absolute Gasteiger partial charge is 0.382 e. The summed E-state index contributed by atoms with van der Waals surface area (Å²) in [5, 5.41) is 0. The zero-order valence-electron chi connectivity index (χ0n) is 14.2. The Morgan fingerprint density at radius 1 is 1.44 bits per heavy atom. The lowest BCUT2D eigenvalue weighted by Crippen LogP contribution is -2.15. The summed E-state index contributed by atoms with van der Waals surface area (Å²) in [4.78, 5) is 12.5. The molecule has 3 heterocycles. The van der Waals surface area contributed by atoms with Gasteiger partial charge in [0.25, 0.3) is 0 Å². The maximum absolute atomic E-state index is 12.2. The van der Waals surface area contributed by atoms with Gasteiger partial charge in [-0.1, -0.05) is 6.08 Å². The summed E-state index contributed by atoms with van der Waals surface area (Å²) in [7, 11) is -0.278. The topological polar surface area (TPSA) is 114 Å². The average Bonchev–Trinajstić information content (AvgIpc) is 3.24. The van der Waals surface area contributed by atoms with E-state index in [-0.39, 0.29) is 18.2 Å². The van der Waals surface area contributed by atoms with Gasteiger partial charge in [-0.25, -0.2) is 15.0 Å². The smallest absolute Gasteiger partial charge is 0.330 e. The van der Waals surface area contributed by atoms with Crippen LogP contribution in [0.5, 0.6) is 0 Å². The number of anilines is 1. The number of ether oxygens (including phenoxy) is 1. The van der Waals surface area contributed by atoms with Crippen LogP contribution in [0, 0.1) is 5.92 Å². The zero-order valence-corrected chi connectivity index (χ0v) is 15.1. The summed E-state index contributed by atoms with van der Waals surface area (Å²) in [5.74, 6) is 0.401. The molecule has 3 atom stereocenters. The highest BCUT2D eigenvalue weighted by Gasteiger charge is 2.37. The van der Waals surface area contributed by atoms with Crippen molar-refractivity contribution >= 4 is 24.6 Å². The Morgan fingerprint density at radius 2 is 2.20 bits per heavy atom. The molecule has 2 N–H and O–H groups in total. The van der Waals surface area contributed by atoms with E-state index >= 15 is 0 Å². The normalized spacial score (nSPS) is 24.0. The number of rotatable bonds is 7. The van der Waals surface area contributed by atoms with Crippen LogP contribution in [0.4, 0.5) is 5.82 Å². The molecular formula is C15H22N5O4P. The highest BCUT2D eigenvalue weighted by Crippen LogP contribution is 2.48. The van der Waals surface area contributed by atoms with Gasteiger partial charge in [0.1, 0.15) is 18.1 Å². The summed E-state index contributed by atoms with van der Waals surface area (Å²) < 4.78 is 30.2. The molecule has 1 saturated heterocycles. The predicted molar refractivity (Wildman–Crippen MR) is 93.1 cm³/mol. The molecule has 136 valence electrons. The number of nitrogen functional groups attached to an aromatic ring is 1. The van der Waals surface area contributed by atoms with Crippen LogP contribution in [0.3, 0.4) is 0 Å². The maximum atomic E-state index is 12.2. The molecule has 2 aromatic rings. The number of hydrogen-bond acceptors (Lipinski definition) is 8. The van der Waals surface area contributed by atoms with E-state index in [1.165, 1.54) is 20.5 Å². The molecule has 10 heteroatoms. The van der Waals surface area contributed by atoms with Gasteiger partial charge in [-0.05, 0) is 12.8 Å². The van der Waals surface area contributed by atoms with Gasteiger partial charge in [0.2, 0.25) is 0 Å². The lowest BCUT2D eigenvalue weighted by molar-refractivity contribution is -0.00590. The maximum Gasteiger partial charge on any atom is 0.330 e. The molecule has 1 fully saturated rings. The van der Waals surface area contributed by atoms with Crippen LogP contribution < -0.4 is 5.73 Å². The number of nitrogens with two attached hydrogens (primary N) is 1. The second kappa shape index (κ2) is 7.21. The lowest BCUT2D eigenvalue weighted by atomic mass is 10.0. The predicted octanol–water partition coefficient (Wildman–Crippen LogP) is 2.37. The van der Waals surface area contributed by atoms with Gasteiger partial charge in [-0.3, -0.25) is 9.13 Å². The lowest BCUT2D eigenvalue weighted by Gasteiger charge is -2.19. The Labute approximate surface area is 145 Å². The number of aromatic nitrogens is 4. The standard InChI is InChI=1S/C15H22N5O4P/c1-4-10-7-11(5-6-25(21,22-2)23-3)24-15(10)20-9-19-12-13(16)17-8-18-14(12)20/h4,8-11,15H,1,5-7H2,2-3H3,(H2,16,17,18). The van der Waals surface area contributed by atoms with Crippen LogP contribution in [0.15, 0.2) is 25.3 Å². The van der Waals surface area contributed by atoms with Gasteiger partial charge < -0.3 is 19.5 Å². The Hall–Kier alpha value is -1.80. The number of hydrogen-bond donors (Lipinski definition) is 1. The molecule has 25 heavy (non-hydrogen) atoms. The second-order valence-electron chi connectivity index (χ2n) is 5.86. The first-order valence-electron chi connectivity index (χ1n) is 7.93. The molecule has 3 unspecified atom stereocenters. The molecule has 0 aromatic carbocycles. The monoisotopic (exact) mass is 367 g/mol. The van der Waals surface area contributed by atoms with Crippen LogP contribution in [0.1, 0.15) is 19.1 Å². The van der Waals surface area contributed by atoms with E-state index in [2.05, 4.69) is 21.5 Å². The van der Waals surface area contributed by atoms with E-state index in [4.69, 9.17) is 19.5 Å². The van der Waals surface area contributed by atoms with Crippen molar-refractivity contribution in [2.24, 2.45) is 5.92 Å². The van der Waals surface area contributed by atoms with E-state index < -0.39 is 7.60 Å². The first kappa shape index (κ1) is 18.0. The minimum atomic E-state index is -3.05. The van der Waals surface area contributed by atoms with Crippen molar-refractivity contribution in [2.75, 3.05) is 26.1 Å². The fraction of sp³-hybridized carbons (Fsp3) is 0.533. The first-order valence-corrected chi connectivity index (χ1v) is 9.65. The highest BCUT2D eigenvalue weighted by atomic mass is 31.2. The molecule has 2 aromatic heterocycles. The summed E-state index contributed by atoms with van der Waals surface area (Å²) in [6, 6.07) is 0. The van der Waals surface area contributed by atoms with Crippen LogP contribution in [-0.4, -0.2) is 46.0 Å². The third kappa shape index (κ3) is 3.46. The van der Waals surface area contributed by atoms with E-state index in [1.54, 1.807) is 6.33 Å². The Morgan fingerprint density at radius 3 is 2.88 bits per heavy atom. The quantitative estimate of drug-likeness (QED) is 0.586. The van der Waals surface area contributed by atoms with Gasteiger partial charge in [0.05, 0.1) is 18.6 Å². The van der Waals surface area contributed by atoms with Crippen molar-refractivity contribution in [3.05, 3.63) is 25.3 Å². The van der Waals surface area contributed by atoms with Crippen molar-refractivity contribution in [3.8, 4) is 0 Å².